The Kier molecular flexibility index (Phi) is 2.62. The van der Waals surface area contributed by atoms with Gasteiger partial charge in [-0.1, -0.05) is 30.3 Å². The monoisotopic (exact) mass is 265 g/mol. The molecule has 1 aliphatic rings. The van der Waals surface area contributed by atoms with Crippen LogP contribution in [-0.2, 0) is 0 Å². The highest BCUT2D eigenvalue weighted by molar-refractivity contribution is 5.66. The van der Waals surface area contributed by atoms with Gasteiger partial charge in [0.1, 0.15) is 12.1 Å². The van der Waals surface area contributed by atoms with Gasteiger partial charge >= 0.3 is 0 Å². The van der Waals surface area contributed by atoms with E-state index in [2.05, 4.69) is 38.3 Å². The molecule has 3 aromatic rings. The molecule has 0 atom stereocenters. The average molecular weight is 265 g/mol. The Balaban J connectivity index is 1.90. The number of nitrogens with zero attached hydrogens (tertiary/aromatic N) is 5. The Hall–Kier alpha value is -2.43. The smallest absolute Gasteiger partial charge is 0.256 e. The normalized spacial score (nSPS) is 15.1. The van der Waals surface area contributed by atoms with Crippen molar-refractivity contribution in [3.63, 3.8) is 0 Å². The van der Waals surface area contributed by atoms with Gasteiger partial charge in [0.2, 0.25) is 0 Å². The van der Waals surface area contributed by atoms with Crippen LogP contribution in [0.3, 0.4) is 0 Å². The van der Waals surface area contributed by atoms with E-state index >= 15 is 0 Å². The van der Waals surface area contributed by atoms with Crippen molar-refractivity contribution in [1.29, 1.82) is 0 Å². The molecule has 0 bridgehead atoms. The summed E-state index contributed by atoms with van der Waals surface area (Å²) in [6, 6.07) is 12.4. The highest BCUT2D eigenvalue weighted by Crippen LogP contribution is 2.26. The number of anilines is 1. The van der Waals surface area contributed by atoms with E-state index in [9.17, 15) is 0 Å². The Morgan fingerprint density at radius 1 is 1.00 bits per heavy atom. The second kappa shape index (κ2) is 4.59. The lowest BCUT2D eigenvalue weighted by Crippen LogP contribution is -2.20. The summed E-state index contributed by atoms with van der Waals surface area (Å²) in [5.74, 6) is 1.80. The minimum atomic E-state index is 0.660. The van der Waals surface area contributed by atoms with Crippen molar-refractivity contribution in [2.45, 2.75) is 12.8 Å². The molecular formula is C15H15N5. The SMILES string of the molecule is c1ccc(-c2cc(N3CCCC3)n3cnnc3n2)cc1. The van der Waals surface area contributed by atoms with Gasteiger partial charge < -0.3 is 4.90 Å². The Morgan fingerprint density at radius 2 is 1.80 bits per heavy atom. The predicted octanol–water partition coefficient (Wildman–Crippen LogP) is 2.39. The number of benzene rings is 1. The van der Waals surface area contributed by atoms with Gasteiger partial charge in [-0.15, -0.1) is 10.2 Å². The quantitative estimate of drug-likeness (QED) is 0.713. The van der Waals surface area contributed by atoms with Crippen LogP contribution in [-0.4, -0.2) is 32.7 Å². The fraction of sp³-hybridized carbons (Fsp3) is 0.267. The molecule has 3 heterocycles. The first-order chi connectivity index (χ1) is 9.92. The van der Waals surface area contributed by atoms with E-state index in [1.165, 1.54) is 12.8 Å². The van der Waals surface area contributed by atoms with Crippen LogP contribution in [0.1, 0.15) is 12.8 Å². The minimum absolute atomic E-state index is 0.660. The van der Waals surface area contributed by atoms with Crippen molar-refractivity contribution in [2.24, 2.45) is 0 Å². The van der Waals surface area contributed by atoms with Crippen molar-refractivity contribution in [2.75, 3.05) is 18.0 Å². The maximum atomic E-state index is 4.60. The van der Waals surface area contributed by atoms with Gasteiger partial charge in [-0.25, -0.2) is 4.98 Å². The van der Waals surface area contributed by atoms with E-state index in [4.69, 9.17) is 0 Å². The van der Waals surface area contributed by atoms with Gasteiger partial charge in [0.05, 0.1) is 5.69 Å². The Bertz CT molecular complexity index is 728. The summed E-state index contributed by atoms with van der Waals surface area (Å²) in [5.41, 5.74) is 2.06. The van der Waals surface area contributed by atoms with Crippen LogP contribution in [0.25, 0.3) is 17.0 Å². The van der Waals surface area contributed by atoms with E-state index in [1.807, 2.05) is 22.6 Å². The van der Waals surface area contributed by atoms with Crippen molar-refractivity contribution in [1.82, 2.24) is 19.6 Å². The zero-order valence-electron chi connectivity index (χ0n) is 11.1. The van der Waals surface area contributed by atoms with Crippen molar-refractivity contribution >= 4 is 11.6 Å². The molecule has 1 saturated heterocycles. The molecule has 5 heteroatoms. The third-order valence-electron chi connectivity index (χ3n) is 3.76. The van der Waals surface area contributed by atoms with Crippen LogP contribution in [0.5, 0.6) is 0 Å². The highest BCUT2D eigenvalue weighted by atomic mass is 15.3. The van der Waals surface area contributed by atoms with Crippen LogP contribution < -0.4 is 4.90 Å². The zero-order valence-corrected chi connectivity index (χ0v) is 11.1. The molecule has 1 fully saturated rings. The van der Waals surface area contributed by atoms with Gasteiger partial charge in [-0.05, 0) is 12.8 Å². The summed E-state index contributed by atoms with van der Waals surface area (Å²) in [6.07, 6.45) is 4.23. The molecule has 1 aromatic carbocycles. The minimum Gasteiger partial charge on any atom is -0.358 e. The van der Waals surface area contributed by atoms with Crippen molar-refractivity contribution < 1.29 is 0 Å². The molecule has 0 aliphatic carbocycles. The summed E-state index contributed by atoms with van der Waals surface area (Å²) < 4.78 is 1.97. The van der Waals surface area contributed by atoms with E-state index in [-0.39, 0.29) is 0 Å². The number of fused-ring (bicyclic) bond motifs is 1. The third-order valence-corrected chi connectivity index (χ3v) is 3.76. The van der Waals surface area contributed by atoms with E-state index in [0.717, 1.165) is 30.2 Å². The van der Waals surface area contributed by atoms with Gasteiger partial charge in [-0.2, -0.15) is 0 Å². The molecule has 5 nitrogen and oxygen atoms in total. The molecule has 4 rings (SSSR count). The molecular weight excluding hydrogens is 250 g/mol. The van der Waals surface area contributed by atoms with Crippen LogP contribution in [0, 0.1) is 0 Å². The number of hydrogen-bond donors (Lipinski definition) is 0. The van der Waals surface area contributed by atoms with Crippen molar-refractivity contribution in [3.05, 3.63) is 42.7 Å². The molecule has 0 unspecified atom stereocenters. The summed E-state index contributed by atoms with van der Waals surface area (Å²) in [5, 5.41) is 8.10. The molecule has 2 aromatic heterocycles. The number of rotatable bonds is 2. The molecule has 0 amide bonds. The maximum Gasteiger partial charge on any atom is 0.256 e. The highest BCUT2D eigenvalue weighted by Gasteiger charge is 2.17. The Morgan fingerprint density at radius 3 is 2.60 bits per heavy atom. The van der Waals surface area contributed by atoms with Crippen LogP contribution in [0.2, 0.25) is 0 Å². The molecule has 20 heavy (non-hydrogen) atoms. The van der Waals surface area contributed by atoms with Gasteiger partial charge in [0, 0.05) is 24.7 Å². The van der Waals surface area contributed by atoms with Crippen LogP contribution in [0.4, 0.5) is 5.82 Å². The lowest BCUT2D eigenvalue weighted by Gasteiger charge is -2.19. The third kappa shape index (κ3) is 1.82. The first kappa shape index (κ1) is 11.4. The van der Waals surface area contributed by atoms with Crippen LogP contribution in [0.15, 0.2) is 42.7 Å². The molecule has 0 N–H and O–H groups in total. The molecule has 0 spiro atoms. The van der Waals surface area contributed by atoms with Gasteiger partial charge in [0.25, 0.3) is 5.78 Å². The molecule has 1 aliphatic heterocycles. The zero-order chi connectivity index (χ0) is 13.4. The fourth-order valence-corrected chi connectivity index (χ4v) is 2.75. The second-order valence-corrected chi connectivity index (χ2v) is 5.06. The van der Waals surface area contributed by atoms with E-state index in [0.29, 0.717) is 5.78 Å². The summed E-state index contributed by atoms with van der Waals surface area (Å²) in [6.45, 7) is 2.18. The summed E-state index contributed by atoms with van der Waals surface area (Å²) in [7, 11) is 0. The summed E-state index contributed by atoms with van der Waals surface area (Å²) in [4.78, 5) is 6.98. The second-order valence-electron chi connectivity index (χ2n) is 5.06. The van der Waals surface area contributed by atoms with Gasteiger partial charge in [-0.3, -0.25) is 4.40 Å². The van der Waals surface area contributed by atoms with Gasteiger partial charge in [0.15, 0.2) is 0 Å². The fourth-order valence-electron chi connectivity index (χ4n) is 2.75. The first-order valence-corrected chi connectivity index (χ1v) is 6.93. The molecule has 0 saturated carbocycles. The van der Waals surface area contributed by atoms with E-state index in [1.54, 1.807) is 6.33 Å². The Labute approximate surface area is 116 Å². The topological polar surface area (TPSA) is 46.3 Å². The number of aromatic nitrogens is 4. The standard InChI is InChI=1S/C15H15N5/c1-2-6-12(7-3-1)13-10-14(19-8-4-5-9-19)20-11-16-18-15(20)17-13/h1-3,6-7,10-11H,4-5,8-9H2. The molecule has 0 radical (unpaired) electrons. The van der Waals surface area contributed by atoms with Crippen LogP contribution >= 0.6 is 0 Å². The largest absolute Gasteiger partial charge is 0.358 e. The first-order valence-electron chi connectivity index (χ1n) is 6.93. The van der Waals surface area contributed by atoms with E-state index < -0.39 is 0 Å². The van der Waals surface area contributed by atoms with Crippen molar-refractivity contribution in [3.8, 4) is 11.3 Å². The predicted molar refractivity (Wildman–Crippen MR) is 77.7 cm³/mol. The lowest BCUT2D eigenvalue weighted by atomic mass is 10.1. The maximum absolute atomic E-state index is 4.60. The summed E-state index contributed by atoms with van der Waals surface area (Å²) >= 11 is 0. The number of hydrogen-bond acceptors (Lipinski definition) is 4. The lowest BCUT2D eigenvalue weighted by molar-refractivity contribution is 0.908. The average Bonchev–Trinajstić information content (AvgIpc) is 3.18. The molecule has 100 valence electrons.